The Morgan fingerprint density at radius 2 is 2.24 bits per heavy atom. The number of nitrogens with zero attached hydrogens (tertiary/aromatic N) is 1. The maximum atomic E-state index is 3.56. The van der Waals surface area contributed by atoms with Crippen LogP contribution in [0.25, 0.3) is 10.9 Å². The van der Waals surface area contributed by atoms with E-state index in [1.165, 1.54) is 29.4 Å². The highest BCUT2D eigenvalue weighted by Gasteiger charge is 2.23. The Morgan fingerprint density at radius 3 is 3.00 bits per heavy atom. The molecule has 1 aliphatic rings. The lowest BCUT2D eigenvalue weighted by atomic mass is 9.91. The molecule has 3 rings (SSSR count). The number of aryl methyl sites for hydroxylation is 1. The number of benzene rings is 1. The maximum absolute atomic E-state index is 3.56. The zero-order valence-electron chi connectivity index (χ0n) is 10.3. The molecule has 17 heavy (non-hydrogen) atoms. The molecular formula is C14H17BrN2. The first kappa shape index (κ1) is 11.3. The van der Waals surface area contributed by atoms with Gasteiger partial charge in [0.25, 0.3) is 0 Å². The van der Waals surface area contributed by atoms with E-state index >= 15 is 0 Å². The lowest BCUT2D eigenvalue weighted by molar-refractivity contribution is 0.488. The van der Waals surface area contributed by atoms with Gasteiger partial charge >= 0.3 is 0 Å². The average Bonchev–Trinajstić information content (AvgIpc) is 2.62. The minimum atomic E-state index is 0.636. The van der Waals surface area contributed by atoms with Gasteiger partial charge in [0.05, 0.1) is 0 Å². The fourth-order valence-electron chi connectivity index (χ4n) is 2.99. The van der Waals surface area contributed by atoms with Crippen LogP contribution in [0.4, 0.5) is 0 Å². The molecule has 0 bridgehead atoms. The average molecular weight is 293 g/mol. The molecule has 3 heteroatoms. The van der Waals surface area contributed by atoms with E-state index in [0.717, 1.165) is 10.9 Å². The number of hydrogen-bond acceptors (Lipinski definition) is 1. The topological polar surface area (TPSA) is 17.0 Å². The van der Waals surface area contributed by atoms with Crippen LogP contribution < -0.4 is 5.32 Å². The SMILES string of the molecule is CNC1CCc2c(c3ccc(Br)cc3n2C)C1. The molecule has 1 aliphatic carbocycles. The van der Waals surface area contributed by atoms with Gasteiger partial charge in [-0.05, 0) is 44.0 Å². The highest BCUT2D eigenvalue weighted by Crippen LogP contribution is 2.32. The molecular weight excluding hydrogens is 276 g/mol. The summed E-state index contributed by atoms with van der Waals surface area (Å²) in [4.78, 5) is 0. The standard InChI is InChI=1S/C14H17BrN2/c1-16-10-4-6-13-12(8-10)11-5-3-9(15)7-14(11)17(13)2/h3,5,7,10,16H,4,6,8H2,1-2H3. The smallest absolute Gasteiger partial charge is 0.0494 e. The van der Waals surface area contributed by atoms with Crippen molar-refractivity contribution < 1.29 is 0 Å². The monoisotopic (exact) mass is 292 g/mol. The number of aromatic nitrogens is 1. The number of halogens is 1. The number of nitrogens with one attached hydrogen (secondary N) is 1. The Balaban J connectivity index is 2.22. The molecule has 1 heterocycles. The molecule has 0 fully saturated rings. The number of fused-ring (bicyclic) bond motifs is 3. The quantitative estimate of drug-likeness (QED) is 0.855. The van der Waals surface area contributed by atoms with E-state index in [1.54, 1.807) is 5.56 Å². The van der Waals surface area contributed by atoms with E-state index < -0.39 is 0 Å². The summed E-state index contributed by atoms with van der Waals surface area (Å²) in [5, 5.41) is 4.83. The van der Waals surface area contributed by atoms with Crippen molar-refractivity contribution in [2.45, 2.75) is 25.3 Å². The fourth-order valence-corrected chi connectivity index (χ4v) is 3.34. The minimum Gasteiger partial charge on any atom is -0.347 e. The third-order valence-electron chi connectivity index (χ3n) is 3.99. The Morgan fingerprint density at radius 1 is 1.41 bits per heavy atom. The zero-order valence-corrected chi connectivity index (χ0v) is 11.8. The van der Waals surface area contributed by atoms with Crippen molar-refractivity contribution in [2.24, 2.45) is 7.05 Å². The summed E-state index contributed by atoms with van der Waals surface area (Å²) < 4.78 is 3.52. The largest absolute Gasteiger partial charge is 0.347 e. The van der Waals surface area contributed by atoms with Crippen molar-refractivity contribution in [3.05, 3.63) is 33.9 Å². The normalized spacial score (nSPS) is 19.6. The van der Waals surface area contributed by atoms with E-state index in [4.69, 9.17) is 0 Å². The van der Waals surface area contributed by atoms with Gasteiger partial charge in [-0.2, -0.15) is 0 Å². The zero-order chi connectivity index (χ0) is 12.0. The van der Waals surface area contributed by atoms with E-state index in [2.05, 4.69) is 58.1 Å². The van der Waals surface area contributed by atoms with Crippen LogP contribution >= 0.6 is 15.9 Å². The predicted molar refractivity (Wildman–Crippen MR) is 75.5 cm³/mol. The van der Waals surface area contributed by atoms with Crippen LogP contribution in [0.1, 0.15) is 17.7 Å². The highest BCUT2D eigenvalue weighted by atomic mass is 79.9. The van der Waals surface area contributed by atoms with Crippen LogP contribution in [0.2, 0.25) is 0 Å². The third-order valence-corrected chi connectivity index (χ3v) is 4.48. The molecule has 90 valence electrons. The van der Waals surface area contributed by atoms with Crippen LogP contribution in [0, 0.1) is 0 Å². The molecule has 1 aromatic heterocycles. The highest BCUT2D eigenvalue weighted by molar-refractivity contribution is 9.10. The maximum Gasteiger partial charge on any atom is 0.0494 e. The van der Waals surface area contributed by atoms with Crippen LogP contribution in [0.15, 0.2) is 22.7 Å². The summed E-state index contributed by atoms with van der Waals surface area (Å²) in [6, 6.07) is 7.25. The van der Waals surface area contributed by atoms with Gasteiger partial charge in [-0.3, -0.25) is 0 Å². The van der Waals surface area contributed by atoms with Crippen molar-refractivity contribution in [2.75, 3.05) is 7.05 Å². The van der Waals surface area contributed by atoms with Crippen molar-refractivity contribution in [3.8, 4) is 0 Å². The summed E-state index contributed by atoms with van der Waals surface area (Å²) in [5.74, 6) is 0. The van der Waals surface area contributed by atoms with Gasteiger partial charge < -0.3 is 9.88 Å². The summed E-state index contributed by atoms with van der Waals surface area (Å²) in [6.45, 7) is 0. The molecule has 1 unspecified atom stereocenters. The van der Waals surface area contributed by atoms with Crippen molar-refractivity contribution in [3.63, 3.8) is 0 Å². The second-order valence-electron chi connectivity index (χ2n) is 4.87. The first-order chi connectivity index (χ1) is 8.20. The number of likely N-dealkylation sites (N-methyl/N-ethyl adjacent to an activating group) is 1. The molecule has 0 spiro atoms. The van der Waals surface area contributed by atoms with Gasteiger partial charge in [-0.15, -0.1) is 0 Å². The lowest BCUT2D eigenvalue weighted by Gasteiger charge is -2.22. The fraction of sp³-hybridized carbons (Fsp3) is 0.429. The van der Waals surface area contributed by atoms with Crippen molar-refractivity contribution >= 4 is 26.8 Å². The molecule has 0 amide bonds. The molecule has 0 radical (unpaired) electrons. The van der Waals surface area contributed by atoms with Crippen molar-refractivity contribution in [1.29, 1.82) is 0 Å². The Labute approximate surface area is 110 Å². The van der Waals surface area contributed by atoms with Crippen molar-refractivity contribution in [1.82, 2.24) is 9.88 Å². The molecule has 2 aromatic rings. The van der Waals surface area contributed by atoms with Crippen LogP contribution in [-0.4, -0.2) is 17.7 Å². The Hall–Kier alpha value is -0.800. The molecule has 0 saturated carbocycles. The molecule has 1 atom stereocenters. The van der Waals surface area contributed by atoms with Gasteiger partial charge in [0.1, 0.15) is 0 Å². The van der Waals surface area contributed by atoms with E-state index in [-0.39, 0.29) is 0 Å². The van der Waals surface area contributed by atoms with Gasteiger partial charge in [0.2, 0.25) is 0 Å². The van der Waals surface area contributed by atoms with Crippen LogP contribution in [0.3, 0.4) is 0 Å². The van der Waals surface area contributed by atoms with E-state index in [9.17, 15) is 0 Å². The van der Waals surface area contributed by atoms with Gasteiger partial charge in [-0.25, -0.2) is 0 Å². The third kappa shape index (κ3) is 1.72. The van der Waals surface area contributed by atoms with Crippen LogP contribution in [0.5, 0.6) is 0 Å². The summed E-state index contributed by atoms with van der Waals surface area (Å²) in [7, 11) is 4.25. The second kappa shape index (κ2) is 4.14. The molecule has 0 aliphatic heterocycles. The number of hydrogen-bond donors (Lipinski definition) is 1. The van der Waals surface area contributed by atoms with E-state index in [0.29, 0.717) is 6.04 Å². The molecule has 0 saturated heterocycles. The van der Waals surface area contributed by atoms with Gasteiger partial charge in [0, 0.05) is 34.2 Å². The Bertz CT molecular complexity index is 571. The first-order valence-corrected chi connectivity index (χ1v) is 6.93. The molecule has 1 aromatic carbocycles. The Kier molecular flexibility index (Phi) is 2.75. The minimum absolute atomic E-state index is 0.636. The summed E-state index contributed by atoms with van der Waals surface area (Å²) in [6.07, 6.45) is 3.59. The predicted octanol–water partition coefficient (Wildman–Crippen LogP) is 3.02. The van der Waals surface area contributed by atoms with Gasteiger partial charge in [0.15, 0.2) is 0 Å². The second-order valence-corrected chi connectivity index (χ2v) is 5.79. The first-order valence-electron chi connectivity index (χ1n) is 6.13. The lowest BCUT2D eigenvalue weighted by Crippen LogP contribution is -2.31. The summed E-state index contributed by atoms with van der Waals surface area (Å²) >= 11 is 3.56. The molecule has 2 nitrogen and oxygen atoms in total. The summed E-state index contributed by atoms with van der Waals surface area (Å²) in [5.41, 5.74) is 4.41. The van der Waals surface area contributed by atoms with Gasteiger partial charge in [-0.1, -0.05) is 22.0 Å². The molecule has 1 N–H and O–H groups in total. The number of rotatable bonds is 1. The van der Waals surface area contributed by atoms with Crippen LogP contribution in [-0.2, 0) is 19.9 Å². The van der Waals surface area contributed by atoms with E-state index in [1.807, 2.05) is 0 Å².